The lowest BCUT2D eigenvalue weighted by molar-refractivity contribution is -0.144. The summed E-state index contributed by atoms with van der Waals surface area (Å²) in [5, 5.41) is 3.25. The van der Waals surface area contributed by atoms with E-state index in [1.54, 1.807) is 0 Å². The summed E-state index contributed by atoms with van der Waals surface area (Å²) in [6, 6.07) is 0.216. The molecule has 2 rings (SSSR count). The van der Waals surface area contributed by atoms with Gasteiger partial charge in [-0.2, -0.15) is 0 Å². The van der Waals surface area contributed by atoms with Gasteiger partial charge in [0.2, 0.25) is 0 Å². The van der Waals surface area contributed by atoms with Crippen molar-refractivity contribution in [3.05, 3.63) is 0 Å². The molecule has 0 aromatic rings. The first-order valence-electron chi connectivity index (χ1n) is 6.21. The van der Waals surface area contributed by atoms with E-state index in [1.807, 2.05) is 0 Å². The van der Waals surface area contributed by atoms with Crippen LogP contribution in [-0.4, -0.2) is 38.4 Å². The minimum absolute atomic E-state index is 0.210. The van der Waals surface area contributed by atoms with Crippen LogP contribution in [0.25, 0.3) is 0 Å². The predicted molar refractivity (Wildman–Crippen MR) is 60.1 cm³/mol. The maximum atomic E-state index is 11.5. The fraction of sp³-hybridized carbons (Fsp3) is 0.917. The standard InChI is InChI=1S/C12H21NO3/c1-15-12(14)11(13-10-4-5-10)8-16-7-6-9-2-3-9/h9-11,13H,2-8H2,1H3. The van der Waals surface area contributed by atoms with Gasteiger partial charge in [-0.25, -0.2) is 0 Å². The van der Waals surface area contributed by atoms with Gasteiger partial charge >= 0.3 is 5.97 Å². The van der Waals surface area contributed by atoms with Gasteiger partial charge in [0.15, 0.2) is 0 Å². The summed E-state index contributed by atoms with van der Waals surface area (Å²) >= 11 is 0. The van der Waals surface area contributed by atoms with E-state index in [1.165, 1.54) is 20.0 Å². The Morgan fingerprint density at radius 2 is 2.12 bits per heavy atom. The van der Waals surface area contributed by atoms with Gasteiger partial charge in [-0.1, -0.05) is 12.8 Å². The van der Waals surface area contributed by atoms with Crippen molar-refractivity contribution in [1.82, 2.24) is 5.32 Å². The van der Waals surface area contributed by atoms with E-state index < -0.39 is 0 Å². The first kappa shape index (κ1) is 11.9. The van der Waals surface area contributed by atoms with Crippen molar-refractivity contribution in [3.63, 3.8) is 0 Å². The van der Waals surface area contributed by atoms with Crippen LogP contribution in [0.15, 0.2) is 0 Å². The highest BCUT2D eigenvalue weighted by Gasteiger charge is 2.29. The molecule has 2 saturated carbocycles. The van der Waals surface area contributed by atoms with Crippen molar-refractivity contribution in [1.29, 1.82) is 0 Å². The average molecular weight is 227 g/mol. The largest absolute Gasteiger partial charge is 0.468 e. The van der Waals surface area contributed by atoms with E-state index in [9.17, 15) is 4.79 Å². The van der Waals surface area contributed by atoms with Crippen LogP contribution >= 0.6 is 0 Å². The van der Waals surface area contributed by atoms with Crippen molar-refractivity contribution >= 4 is 5.97 Å². The Labute approximate surface area is 96.7 Å². The molecule has 4 nitrogen and oxygen atoms in total. The van der Waals surface area contributed by atoms with Crippen LogP contribution in [-0.2, 0) is 14.3 Å². The molecule has 2 fully saturated rings. The molecule has 16 heavy (non-hydrogen) atoms. The van der Waals surface area contributed by atoms with Gasteiger partial charge in [-0.3, -0.25) is 10.1 Å². The number of nitrogens with one attached hydrogen (secondary N) is 1. The predicted octanol–water partition coefficient (Wildman–Crippen LogP) is 1.10. The van der Waals surface area contributed by atoms with Crippen molar-refractivity contribution in [3.8, 4) is 0 Å². The van der Waals surface area contributed by atoms with Crippen LogP contribution in [0.5, 0.6) is 0 Å². The number of carbonyl (C=O) groups is 1. The van der Waals surface area contributed by atoms with Crippen LogP contribution in [0.2, 0.25) is 0 Å². The molecule has 1 unspecified atom stereocenters. The molecule has 2 aliphatic carbocycles. The number of hydrogen-bond acceptors (Lipinski definition) is 4. The van der Waals surface area contributed by atoms with Gasteiger partial charge in [0.05, 0.1) is 13.7 Å². The number of hydrogen-bond donors (Lipinski definition) is 1. The number of esters is 1. The quantitative estimate of drug-likeness (QED) is 0.498. The lowest BCUT2D eigenvalue weighted by atomic mass is 10.3. The highest BCUT2D eigenvalue weighted by molar-refractivity contribution is 5.75. The molecule has 0 aromatic heterocycles. The van der Waals surface area contributed by atoms with Gasteiger partial charge in [0.1, 0.15) is 6.04 Å². The molecular weight excluding hydrogens is 206 g/mol. The minimum Gasteiger partial charge on any atom is -0.468 e. The molecular formula is C12H21NO3. The molecule has 0 heterocycles. The van der Waals surface area contributed by atoms with Crippen LogP contribution < -0.4 is 5.32 Å². The minimum atomic E-state index is -0.281. The third-order valence-electron chi connectivity index (χ3n) is 3.15. The van der Waals surface area contributed by atoms with Gasteiger partial charge in [-0.05, 0) is 25.2 Å². The van der Waals surface area contributed by atoms with Crippen molar-refractivity contribution in [2.75, 3.05) is 20.3 Å². The van der Waals surface area contributed by atoms with E-state index in [-0.39, 0.29) is 12.0 Å². The molecule has 1 atom stereocenters. The lowest BCUT2D eigenvalue weighted by Gasteiger charge is -2.16. The van der Waals surface area contributed by atoms with Crippen molar-refractivity contribution in [2.45, 2.75) is 44.2 Å². The van der Waals surface area contributed by atoms with Gasteiger partial charge in [0.25, 0.3) is 0 Å². The van der Waals surface area contributed by atoms with Crippen LogP contribution in [0.4, 0.5) is 0 Å². The van der Waals surface area contributed by atoms with Crippen LogP contribution in [0.1, 0.15) is 32.1 Å². The van der Waals surface area contributed by atoms with Crippen molar-refractivity contribution in [2.24, 2.45) is 5.92 Å². The molecule has 2 aliphatic rings. The number of ether oxygens (including phenoxy) is 2. The third kappa shape index (κ3) is 4.10. The van der Waals surface area contributed by atoms with Crippen molar-refractivity contribution < 1.29 is 14.3 Å². The molecule has 0 bridgehead atoms. The molecule has 0 aliphatic heterocycles. The van der Waals surface area contributed by atoms with E-state index in [4.69, 9.17) is 9.47 Å². The Morgan fingerprint density at radius 3 is 2.69 bits per heavy atom. The molecule has 92 valence electrons. The highest BCUT2D eigenvalue weighted by Crippen LogP contribution is 2.32. The van der Waals surface area contributed by atoms with Gasteiger partial charge in [0, 0.05) is 12.6 Å². The molecule has 0 saturated heterocycles. The van der Waals surface area contributed by atoms with E-state index >= 15 is 0 Å². The second-order valence-electron chi connectivity index (χ2n) is 4.82. The monoisotopic (exact) mass is 227 g/mol. The lowest BCUT2D eigenvalue weighted by Crippen LogP contribution is -2.42. The first-order chi connectivity index (χ1) is 7.79. The summed E-state index contributed by atoms with van der Waals surface area (Å²) in [6.45, 7) is 1.21. The van der Waals surface area contributed by atoms with Crippen LogP contribution in [0, 0.1) is 5.92 Å². The Morgan fingerprint density at radius 1 is 1.38 bits per heavy atom. The highest BCUT2D eigenvalue weighted by atomic mass is 16.5. The summed E-state index contributed by atoms with van der Waals surface area (Å²) in [5.74, 6) is 0.672. The zero-order valence-corrected chi connectivity index (χ0v) is 9.91. The smallest absolute Gasteiger partial charge is 0.325 e. The van der Waals surface area contributed by atoms with E-state index in [0.717, 1.165) is 31.8 Å². The summed E-state index contributed by atoms with van der Waals surface area (Å²) in [4.78, 5) is 11.5. The molecule has 4 heteroatoms. The van der Waals surface area contributed by atoms with Gasteiger partial charge in [-0.15, -0.1) is 0 Å². The molecule has 0 aromatic carbocycles. The molecule has 0 radical (unpaired) electrons. The Bertz CT molecular complexity index is 236. The molecule has 1 N–H and O–H groups in total. The van der Waals surface area contributed by atoms with E-state index in [0.29, 0.717) is 12.6 Å². The summed E-state index contributed by atoms with van der Waals surface area (Å²) in [7, 11) is 1.42. The Balaban J connectivity index is 1.61. The van der Waals surface area contributed by atoms with Crippen LogP contribution in [0.3, 0.4) is 0 Å². The number of methoxy groups -OCH3 is 1. The molecule has 0 amide bonds. The fourth-order valence-electron chi connectivity index (χ4n) is 1.72. The maximum absolute atomic E-state index is 11.5. The third-order valence-corrected chi connectivity index (χ3v) is 3.15. The second-order valence-corrected chi connectivity index (χ2v) is 4.82. The Hall–Kier alpha value is -0.610. The summed E-state index contributed by atoms with van der Waals surface area (Å²) < 4.78 is 10.3. The second kappa shape index (κ2) is 5.64. The summed E-state index contributed by atoms with van der Waals surface area (Å²) in [6.07, 6.45) is 6.16. The maximum Gasteiger partial charge on any atom is 0.325 e. The zero-order valence-electron chi connectivity index (χ0n) is 9.91. The zero-order chi connectivity index (χ0) is 11.4. The van der Waals surface area contributed by atoms with E-state index in [2.05, 4.69) is 5.32 Å². The average Bonchev–Trinajstić information content (AvgIpc) is 3.14. The number of rotatable bonds is 8. The fourth-order valence-corrected chi connectivity index (χ4v) is 1.72. The topological polar surface area (TPSA) is 47.6 Å². The molecule has 0 spiro atoms. The Kier molecular flexibility index (Phi) is 4.18. The summed E-state index contributed by atoms with van der Waals surface area (Å²) in [5.41, 5.74) is 0. The SMILES string of the molecule is COC(=O)C(COCCC1CC1)NC1CC1. The van der Waals surface area contributed by atoms with Gasteiger partial charge < -0.3 is 9.47 Å². The first-order valence-corrected chi connectivity index (χ1v) is 6.21. The number of carbonyl (C=O) groups excluding carboxylic acids is 1. The normalized spacial score (nSPS) is 21.8.